The molecule has 1 N–H and O–H groups in total. The fraction of sp³-hybridized carbons (Fsp3) is 0.407. The van der Waals surface area contributed by atoms with Gasteiger partial charge >= 0.3 is 5.97 Å². The summed E-state index contributed by atoms with van der Waals surface area (Å²) in [5, 5.41) is 1.56. The van der Waals surface area contributed by atoms with Gasteiger partial charge < -0.3 is 9.64 Å². The van der Waals surface area contributed by atoms with Gasteiger partial charge in [0.05, 0.1) is 12.4 Å². The van der Waals surface area contributed by atoms with Crippen LogP contribution in [0, 0.1) is 0 Å². The highest BCUT2D eigenvalue weighted by Crippen LogP contribution is 2.28. The largest absolute Gasteiger partial charge is 0.469 e. The van der Waals surface area contributed by atoms with Crippen LogP contribution in [-0.2, 0) is 32.1 Å². The summed E-state index contributed by atoms with van der Waals surface area (Å²) in [6, 6.07) is 16.1. The van der Waals surface area contributed by atoms with E-state index in [4.69, 9.17) is 0 Å². The molecule has 3 rings (SSSR count). The molecule has 0 spiro atoms. The molecule has 8 heteroatoms. The van der Waals surface area contributed by atoms with Crippen molar-refractivity contribution in [2.24, 2.45) is 0 Å². The minimum Gasteiger partial charge on any atom is -0.469 e. The number of rotatable bonds is 12. The summed E-state index contributed by atoms with van der Waals surface area (Å²) in [6.07, 6.45) is 4.58. The van der Waals surface area contributed by atoms with E-state index in [2.05, 4.69) is 16.1 Å². The van der Waals surface area contributed by atoms with Crippen molar-refractivity contribution in [3.8, 4) is 11.1 Å². The first-order valence-corrected chi connectivity index (χ1v) is 12.7. The summed E-state index contributed by atoms with van der Waals surface area (Å²) in [6.45, 7) is 0.421. The maximum atomic E-state index is 12.8. The number of hydrogen-bond donors (Lipinski definition) is 1. The minimum absolute atomic E-state index is 0.0530. The van der Waals surface area contributed by atoms with Gasteiger partial charge in [0, 0.05) is 26.4 Å². The van der Waals surface area contributed by atoms with Gasteiger partial charge in [0.1, 0.15) is 0 Å². The molecule has 7 nitrogen and oxygen atoms in total. The van der Waals surface area contributed by atoms with E-state index in [1.165, 1.54) is 7.11 Å². The van der Waals surface area contributed by atoms with Crippen LogP contribution in [0.25, 0.3) is 11.1 Å². The van der Waals surface area contributed by atoms with Gasteiger partial charge in [-0.15, -0.1) is 0 Å². The molecule has 1 atom stereocenters. The van der Waals surface area contributed by atoms with E-state index in [9.17, 15) is 19.2 Å². The topological polar surface area (TPSA) is 92.8 Å². The number of hydrogen-bond acceptors (Lipinski definition) is 6. The zero-order valence-corrected chi connectivity index (χ0v) is 21.1. The quantitative estimate of drug-likeness (QED) is 0.338. The summed E-state index contributed by atoms with van der Waals surface area (Å²) in [4.78, 5) is 49.4. The molecule has 1 saturated heterocycles. The molecule has 1 fully saturated rings. The number of carbonyl (C=O) groups is 4. The number of thioether (sulfide) groups is 1. The minimum atomic E-state index is -0.463. The Labute approximate surface area is 210 Å². The summed E-state index contributed by atoms with van der Waals surface area (Å²) in [7, 11) is 3.18. The van der Waals surface area contributed by atoms with Crippen molar-refractivity contribution in [1.29, 1.82) is 0 Å². The van der Waals surface area contributed by atoms with Crippen molar-refractivity contribution in [1.82, 2.24) is 10.2 Å². The predicted molar refractivity (Wildman–Crippen MR) is 137 cm³/mol. The van der Waals surface area contributed by atoms with Crippen LogP contribution in [0.1, 0.15) is 49.7 Å². The zero-order chi connectivity index (χ0) is 25.2. The van der Waals surface area contributed by atoms with Gasteiger partial charge in [0.25, 0.3) is 5.24 Å². The highest BCUT2D eigenvalue weighted by atomic mass is 32.2. The van der Waals surface area contributed by atoms with Gasteiger partial charge in [0.2, 0.25) is 11.8 Å². The van der Waals surface area contributed by atoms with Crippen molar-refractivity contribution in [2.45, 2.75) is 56.7 Å². The van der Waals surface area contributed by atoms with E-state index < -0.39 is 5.25 Å². The Balaban J connectivity index is 1.64. The van der Waals surface area contributed by atoms with Gasteiger partial charge in [-0.25, -0.2) is 0 Å². The monoisotopic (exact) mass is 496 g/mol. The Morgan fingerprint density at radius 3 is 2.31 bits per heavy atom. The normalized spacial score (nSPS) is 15.1. The molecule has 1 heterocycles. The molecular formula is C27H32N2O5S. The third kappa shape index (κ3) is 7.96. The fourth-order valence-corrected chi connectivity index (χ4v) is 4.89. The van der Waals surface area contributed by atoms with E-state index in [1.807, 2.05) is 42.5 Å². The van der Waals surface area contributed by atoms with Crippen LogP contribution < -0.4 is 5.32 Å². The number of esters is 1. The SMILES string of the molecule is COC(=O)CCCCCCC(=O)N(C)Cc1cc(-c2ccccc2)ccc1CC1SC(=O)NC1=O. The fourth-order valence-electron chi connectivity index (χ4n) is 4.05. The molecule has 0 aromatic heterocycles. The van der Waals surface area contributed by atoms with Crippen molar-refractivity contribution >= 4 is 34.8 Å². The molecular weight excluding hydrogens is 464 g/mol. The average molecular weight is 497 g/mol. The standard InChI is InChI=1S/C27H32N2O5S/c1-29(24(30)12-8-3-4-9-13-25(31)34-2)18-22-16-20(19-10-6-5-7-11-19)14-15-21(22)17-23-26(32)28-27(33)35-23/h5-7,10-11,14-16,23H,3-4,8-9,12-13,17-18H2,1-2H3,(H,28,32,33). The Hall–Kier alpha value is -3.13. The second-order valence-corrected chi connectivity index (χ2v) is 9.85. The van der Waals surface area contributed by atoms with Gasteiger partial charge in [-0.3, -0.25) is 24.5 Å². The Bertz CT molecular complexity index is 1060. The van der Waals surface area contributed by atoms with Crippen LogP contribution in [0.15, 0.2) is 48.5 Å². The van der Waals surface area contributed by atoms with Crippen LogP contribution in [0.5, 0.6) is 0 Å². The first kappa shape index (κ1) is 26.5. The van der Waals surface area contributed by atoms with E-state index in [1.54, 1.807) is 11.9 Å². The lowest BCUT2D eigenvalue weighted by atomic mass is 9.96. The molecule has 0 aliphatic carbocycles. The smallest absolute Gasteiger partial charge is 0.305 e. The number of nitrogens with zero attached hydrogens (tertiary/aromatic N) is 1. The lowest BCUT2D eigenvalue weighted by Crippen LogP contribution is -2.28. The molecule has 0 radical (unpaired) electrons. The maximum Gasteiger partial charge on any atom is 0.305 e. The Morgan fingerprint density at radius 2 is 1.66 bits per heavy atom. The first-order valence-electron chi connectivity index (χ1n) is 11.9. The summed E-state index contributed by atoms with van der Waals surface area (Å²) in [5.41, 5.74) is 4.03. The van der Waals surface area contributed by atoms with E-state index >= 15 is 0 Å². The molecule has 0 bridgehead atoms. The van der Waals surface area contributed by atoms with Gasteiger partial charge in [0.15, 0.2) is 0 Å². The van der Waals surface area contributed by atoms with Crippen LogP contribution in [-0.4, -0.2) is 47.3 Å². The lowest BCUT2D eigenvalue weighted by molar-refractivity contribution is -0.140. The van der Waals surface area contributed by atoms with Gasteiger partial charge in [-0.2, -0.15) is 0 Å². The van der Waals surface area contributed by atoms with Crippen molar-refractivity contribution < 1.29 is 23.9 Å². The Kier molecular flexibility index (Phi) is 9.90. The molecule has 0 saturated carbocycles. The molecule has 1 aliphatic rings. The maximum absolute atomic E-state index is 12.8. The lowest BCUT2D eigenvalue weighted by Gasteiger charge is -2.21. The molecule has 3 amide bonds. The number of carbonyl (C=O) groups excluding carboxylic acids is 4. The third-order valence-corrected chi connectivity index (χ3v) is 7.05. The average Bonchev–Trinajstić information content (AvgIpc) is 3.18. The number of amides is 3. The molecule has 35 heavy (non-hydrogen) atoms. The van der Waals surface area contributed by atoms with Crippen LogP contribution in [0.2, 0.25) is 0 Å². The van der Waals surface area contributed by atoms with E-state index in [-0.39, 0.29) is 23.0 Å². The van der Waals surface area contributed by atoms with Crippen molar-refractivity contribution in [2.75, 3.05) is 14.2 Å². The highest BCUT2D eigenvalue weighted by Gasteiger charge is 2.32. The van der Waals surface area contributed by atoms with Gasteiger partial charge in [-0.1, -0.05) is 67.1 Å². The van der Waals surface area contributed by atoms with Crippen LogP contribution in [0.3, 0.4) is 0 Å². The van der Waals surface area contributed by atoms with E-state index in [0.717, 1.165) is 59.7 Å². The third-order valence-electron chi connectivity index (χ3n) is 6.07. The van der Waals surface area contributed by atoms with Crippen LogP contribution >= 0.6 is 11.8 Å². The summed E-state index contributed by atoms with van der Waals surface area (Å²) in [5.74, 6) is -0.417. The van der Waals surface area contributed by atoms with E-state index in [0.29, 0.717) is 25.8 Å². The molecule has 1 unspecified atom stereocenters. The highest BCUT2D eigenvalue weighted by molar-refractivity contribution is 8.15. The number of ether oxygens (including phenoxy) is 1. The zero-order valence-electron chi connectivity index (χ0n) is 20.2. The summed E-state index contributed by atoms with van der Waals surface area (Å²) >= 11 is 1.01. The second-order valence-electron chi connectivity index (χ2n) is 8.68. The number of unbranched alkanes of at least 4 members (excludes halogenated alkanes) is 3. The molecule has 186 valence electrons. The second kappa shape index (κ2) is 13.1. The number of methoxy groups -OCH3 is 1. The number of imide groups is 1. The van der Waals surface area contributed by atoms with Gasteiger partial charge in [-0.05, 0) is 47.6 Å². The summed E-state index contributed by atoms with van der Waals surface area (Å²) < 4.78 is 4.64. The first-order chi connectivity index (χ1) is 16.9. The molecule has 2 aromatic carbocycles. The molecule has 2 aromatic rings. The predicted octanol–water partition coefficient (Wildman–Crippen LogP) is 4.72. The van der Waals surface area contributed by atoms with Crippen molar-refractivity contribution in [3.05, 3.63) is 59.7 Å². The number of nitrogens with one attached hydrogen (secondary N) is 1. The van der Waals surface area contributed by atoms with Crippen LogP contribution in [0.4, 0.5) is 4.79 Å². The number of benzene rings is 2. The molecule has 1 aliphatic heterocycles. The van der Waals surface area contributed by atoms with Crippen molar-refractivity contribution in [3.63, 3.8) is 0 Å². The Morgan fingerprint density at radius 1 is 0.943 bits per heavy atom.